The molecule has 2 aromatic carbocycles. The van der Waals surface area contributed by atoms with Gasteiger partial charge < -0.3 is 4.74 Å². The van der Waals surface area contributed by atoms with Crippen molar-refractivity contribution in [3.05, 3.63) is 71.4 Å². The van der Waals surface area contributed by atoms with E-state index in [2.05, 4.69) is 15.5 Å². The molecule has 0 spiro atoms. The molecule has 1 N–H and O–H groups in total. The summed E-state index contributed by atoms with van der Waals surface area (Å²) in [6.07, 6.45) is 1.46. The quantitative estimate of drug-likeness (QED) is 0.440. The predicted octanol–water partition coefficient (Wildman–Crippen LogP) is 3.42. The maximum Gasteiger partial charge on any atom is 0.277 e. The summed E-state index contributed by atoms with van der Waals surface area (Å²) in [5.41, 5.74) is 3.83. The van der Waals surface area contributed by atoms with Gasteiger partial charge in [-0.05, 0) is 24.3 Å². The third-order valence-electron chi connectivity index (χ3n) is 3.21. The van der Waals surface area contributed by atoms with Crippen LogP contribution in [0.15, 0.2) is 65.8 Å². The number of hydrogen-bond donors (Lipinski definition) is 1. The molecule has 6 heteroatoms. The molecule has 3 rings (SSSR count). The fraction of sp³-hybridized carbons (Fsp3) is 0.0556. The number of ether oxygens (including phenoxy) is 1. The van der Waals surface area contributed by atoms with Crippen LogP contribution in [0.2, 0.25) is 5.15 Å². The lowest BCUT2D eigenvalue weighted by Crippen LogP contribution is -2.24. The van der Waals surface area contributed by atoms with Crippen LogP contribution in [0.1, 0.15) is 5.56 Å². The van der Waals surface area contributed by atoms with Crippen LogP contribution in [-0.4, -0.2) is 23.7 Å². The summed E-state index contributed by atoms with van der Waals surface area (Å²) in [6.45, 7) is -0.120. The molecule has 24 heavy (non-hydrogen) atoms. The number of fused-ring (bicyclic) bond motifs is 1. The fourth-order valence-corrected chi connectivity index (χ4v) is 2.27. The van der Waals surface area contributed by atoms with Crippen molar-refractivity contribution in [1.29, 1.82) is 0 Å². The molecule has 5 nitrogen and oxygen atoms in total. The number of hydrogen-bond acceptors (Lipinski definition) is 4. The summed E-state index contributed by atoms with van der Waals surface area (Å²) in [4.78, 5) is 16.0. The van der Waals surface area contributed by atoms with Crippen molar-refractivity contribution in [3.63, 3.8) is 0 Å². The maximum atomic E-state index is 11.7. The fourth-order valence-electron chi connectivity index (χ4n) is 2.07. The molecule has 0 bridgehead atoms. The molecular formula is C18H14ClN3O2. The van der Waals surface area contributed by atoms with Gasteiger partial charge in [-0.15, -0.1) is 0 Å². The third kappa shape index (κ3) is 4.08. The minimum atomic E-state index is -0.361. The molecule has 0 aliphatic carbocycles. The van der Waals surface area contributed by atoms with E-state index in [1.807, 2.05) is 48.5 Å². The summed E-state index contributed by atoms with van der Waals surface area (Å²) >= 11 is 6.12. The Kier molecular flexibility index (Phi) is 5.03. The number of amides is 1. The van der Waals surface area contributed by atoms with Crippen molar-refractivity contribution in [2.24, 2.45) is 5.10 Å². The van der Waals surface area contributed by atoms with E-state index in [-0.39, 0.29) is 12.5 Å². The van der Waals surface area contributed by atoms with Gasteiger partial charge in [0.15, 0.2) is 6.61 Å². The molecule has 1 aromatic heterocycles. The molecule has 1 heterocycles. The largest absolute Gasteiger partial charge is 0.484 e. The van der Waals surface area contributed by atoms with Crippen LogP contribution >= 0.6 is 11.6 Å². The van der Waals surface area contributed by atoms with Gasteiger partial charge in [-0.3, -0.25) is 4.79 Å². The van der Waals surface area contributed by atoms with Crippen LogP contribution < -0.4 is 10.2 Å². The Hall–Kier alpha value is -2.92. The van der Waals surface area contributed by atoms with E-state index < -0.39 is 0 Å². The Balaban J connectivity index is 1.59. The van der Waals surface area contributed by atoms with Crippen LogP contribution in [0.5, 0.6) is 5.75 Å². The smallest absolute Gasteiger partial charge is 0.277 e. The molecule has 0 radical (unpaired) electrons. The molecule has 0 aliphatic rings. The number of carbonyl (C=O) groups excluding carboxylic acids is 1. The van der Waals surface area contributed by atoms with Gasteiger partial charge in [0.2, 0.25) is 0 Å². The first-order valence-electron chi connectivity index (χ1n) is 7.27. The van der Waals surface area contributed by atoms with Gasteiger partial charge in [0.1, 0.15) is 10.9 Å². The van der Waals surface area contributed by atoms with Crippen LogP contribution in [0, 0.1) is 0 Å². The lowest BCUT2D eigenvalue weighted by molar-refractivity contribution is -0.123. The van der Waals surface area contributed by atoms with E-state index in [0.29, 0.717) is 16.5 Å². The number of benzene rings is 2. The van der Waals surface area contributed by atoms with Gasteiger partial charge in [-0.25, -0.2) is 10.4 Å². The minimum absolute atomic E-state index is 0.120. The van der Waals surface area contributed by atoms with E-state index in [0.717, 1.165) is 10.9 Å². The number of hydrazone groups is 1. The highest BCUT2D eigenvalue weighted by Gasteiger charge is 2.04. The Morgan fingerprint density at radius 3 is 2.75 bits per heavy atom. The highest BCUT2D eigenvalue weighted by molar-refractivity contribution is 6.32. The third-order valence-corrected chi connectivity index (χ3v) is 3.51. The Morgan fingerprint density at radius 1 is 1.17 bits per heavy atom. The van der Waals surface area contributed by atoms with Crippen LogP contribution in [0.4, 0.5) is 0 Å². The van der Waals surface area contributed by atoms with E-state index in [1.54, 1.807) is 12.1 Å². The normalized spacial score (nSPS) is 10.9. The summed E-state index contributed by atoms with van der Waals surface area (Å²) in [5, 5.41) is 5.16. The average Bonchev–Trinajstić information content (AvgIpc) is 2.61. The highest BCUT2D eigenvalue weighted by Crippen LogP contribution is 2.18. The van der Waals surface area contributed by atoms with E-state index in [4.69, 9.17) is 16.3 Å². The topological polar surface area (TPSA) is 63.6 Å². The van der Waals surface area contributed by atoms with Crippen LogP contribution in [0.25, 0.3) is 10.9 Å². The van der Waals surface area contributed by atoms with Crippen molar-refractivity contribution < 1.29 is 9.53 Å². The number of carbonyl (C=O) groups is 1. The number of halogens is 1. The molecule has 0 saturated carbocycles. The molecule has 3 aromatic rings. The second-order valence-electron chi connectivity index (χ2n) is 4.96. The molecule has 0 aliphatic heterocycles. The van der Waals surface area contributed by atoms with Crippen LogP contribution in [0.3, 0.4) is 0 Å². The van der Waals surface area contributed by atoms with Crippen molar-refractivity contribution in [3.8, 4) is 5.75 Å². The molecular weight excluding hydrogens is 326 g/mol. The van der Waals surface area contributed by atoms with E-state index >= 15 is 0 Å². The van der Waals surface area contributed by atoms with Crippen molar-refractivity contribution in [2.75, 3.05) is 6.61 Å². The van der Waals surface area contributed by atoms with Gasteiger partial charge >= 0.3 is 0 Å². The zero-order valence-electron chi connectivity index (χ0n) is 12.6. The van der Waals surface area contributed by atoms with Crippen molar-refractivity contribution >= 4 is 34.6 Å². The lowest BCUT2D eigenvalue weighted by Gasteiger charge is -2.04. The number of para-hydroxylation sites is 2. The van der Waals surface area contributed by atoms with Crippen molar-refractivity contribution in [1.82, 2.24) is 10.4 Å². The zero-order valence-corrected chi connectivity index (χ0v) is 13.4. The Labute approximate surface area is 143 Å². The summed E-state index contributed by atoms with van der Waals surface area (Å²) in [6, 6.07) is 18.6. The second-order valence-corrected chi connectivity index (χ2v) is 5.31. The lowest BCUT2D eigenvalue weighted by atomic mass is 10.2. The first-order valence-corrected chi connectivity index (χ1v) is 7.65. The minimum Gasteiger partial charge on any atom is -0.484 e. The maximum absolute atomic E-state index is 11.7. The van der Waals surface area contributed by atoms with E-state index in [9.17, 15) is 4.79 Å². The summed E-state index contributed by atoms with van der Waals surface area (Å²) < 4.78 is 5.33. The van der Waals surface area contributed by atoms with Gasteiger partial charge in [0.05, 0.1) is 11.7 Å². The van der Waals surface area contributed by atoms with Gasteiger partial charge in [0, 0.05) is 10.9 Å². The number of nitrogens with zero attached hydrogens (tertiary/aromatic N) is 2. The first-order chi connectivity index (χ1) is 11.7. The Bertz CT molecular complexity index is 882. The van der Waals surface area contributed by atoms with Gasteiger partial charge in [0.25, 0.3) is 5.91 Å². The number of nitrogens with one attached hydrogen (secondary N) is 1. The van der Waals surface area contributed by atoms with E-state index in [1.165, 1.54) is 6.21 Å². The number of aromatic nitrogens is 1. The van der Waals surface area contributed by atoms with Gasteiger partial charge in [-0.1, -0.05) is 48.0 Å². The molecule has 0 fully saturated rings. The molecule has 1 amide bonds. The zero-order chi connectivity index (χ0) is 16.8. The van der Waals surface area contributed by atoms with Gasteiger partial charge in [-0.2, -0.15) is 5.10 Å². The van der Waals surface area contributed by atoms with Crippen LogP contribution in [-0.2, 0) is 4.79 Å². The molecule has 0 saturated heterocycles. The summed E-state index contributed by atoms with van der Waals surface area (Å²) in [5.74, 6) is 0.262. The molecule has 0 unspecified atom stereocenters. The monoisotopic (exact) mass is 339 g/mol. The predicted molar refractivity (Wildman–Crippen MR) is 94.4 cm³/mol. The van der Waals surface area contributed by atoms with Crippen molar-refractivity contribution in [2.45, 2.75) is 0 Å². The SMILES string of the molecule is O=C(COc1ccccc1)N/N=C\c1cc2ccccc2nc1Cl. The number of rotatable bonds is 5. The average molecular weight is 340 g/mol. The molecule has 0 atom stereocenters. The summed E-state index contributed by atoms with van der Waals surface area (Å²) in [7, 11) is 0. The number of pyridine rings is 1. The Morgan fingerprint density at radius 2 is 1.92 bits per heavy atom. The first kappa shape index (κ1) is 16.0. The molecule has 120 valence electrons. The second kappa shape index (κ2) is 7.57. The standard InChI is InChI=1S/C18H14ClN3O2/c19-18-14(10-13-6-4-5-9-16(13)21-18)11-20-22-17(23)12-24-15-7-2-1-3-8-15/h1-11H,12H2,(H,22,23)/b20-11-. The highest BCUT2D eigenvalue weighted by atomic mass is 35.5.